The molecule has 2 aromatic rings. The lowest BCUT2D eigenvalue weighted by Gasteiger charge is -2.13. The zero-order valence-electron chi connectivity index (χ0n) is 12.2. The Hall–Kier alpha value is -1.88. The third-order valence-corrected chi connectivity index (χ3v) is 4.54. The quantitative estimate of drug-likeness (QED) is 0.847. The largest absolute Gasteiger partial charge is 0.381 e. The Morgan fingerprint density at radius 2 is 1.91 bits per heavy atom. The number of pyridine rings is 1. The molecule has 1 aliphatic rings. The van der Waals surface area contributed by atoms with Crippen molar-refractivity contribution in [2.45, 2.75) is 31.7 Å². The van der Waals surface area contributed by atoms with E-state index in [1.54, 1.807) is 12.3 Å². The van der Waals surface area contributed by atoms with Crippen LogP contribution in [-0.2, 0) is 0 Å². The van der Waals surface area contributed by atoms with Crippen LogP contribution in [0.4, 0.5) is 11.4 Å². The molecule has 0 saturated heterocycles. The number of aromatic nitrogens is 1. The first-order chi connectivity index (χ1) is 10.7. The second-order valence-corrected chi connectivity index (χ2v) is 6.35. The predicted octanol–water partition coefficient (Wildman–Crippen LogP) is 4.45. The molecule has 1 aromatic heterocycles. The van der Waals surface area contributed by atoms with E-state index in [1.807, 2.05) is 30.3 Å². The minimum atomic E-state index is -0.209. The van der Waals surface area contributed by atoms with Crippen LogP contribution in [0.1, 0.15) is 36.2 Å². The molecule has 4 nitrogen and oxygen atoms in total. The van der Waals surface area contributed by atoms with Gasteiger partial charge in [0.05, 0.1) is 17.6 Å². The maximum atomic E-state index is 12.2. The molecule has 1 saturated carbocycles. The molecule has 0 unspecified atom stereocenters. The molecule has 1 fully saturated rings. The number of halogens is 1. The summed E-state index contributed by atoms with van der Waals surface area (Å²) in [4.78, 5) is 16.5. The zero-order chi connectivity index (χ0) is 15.4. The molecule has 0 aliphatic heterocycles. The smallest absolute Gasteiger partial charge is 0.274 e. The van der Waals surface area contributed by atoms with Gasteiger partial charge in [-0.25, -0.2) is 4.98 Å². The molecular formula is C17H18BrN3O. The molecule has 2 N–H and O–H groups in total. The number of hydrogen-bond donors (Lipinski definition) is 2. The van der Waals surface area contributed by atoms with E-state index in [1.165, 1.54) is 25.7 Å². The Morgan fingerprint density at radius 3 is 2.59 bits per heavy atom. The Balaban J connectivity index is 1.64. The van der Waals surface area contributed by atoms with Crippen LogP contribution in [0.3, 0.4) is 0 Å². The maximum Gasteiger partial charge on any atom is 0.274 e. The van der Waals surface area contributed by atoms with Crippen LogP contribution in [0.5, 0.6) is 0 Å². The fraction of sp³-hybridized carbons (Fsp3) is 0.294. The summed E-state index contributed by atoms with van der Waals surface area (Å²) in [6, 6.07) is 11.7. The number of carbonyl (C=O) groups excluding carboxylic acids is 1. The van der Waals surface area contributed by atoms with Gasteiger partial charge in [0.1, 0.15) is 5.69 Å². The molecule has 1 aromatic carbocycles. The molecule has 1 aliphatic carbocycles. The van der Waals surface area contributed by atoms with Crippen molar-refractivity contribution in [1.82, 2.24) is 4.98 Å². The topological polar surface area (TPSA) is 54.0 Å². The number of nitrogens with zero attached hydrogens (tertiary/aromatic N) is 1. The van der Waals surface area contributed by atoms with Gasteiger partial charge in [0.2, 0.25) is 0 Å². The SMILES string of the molecule is O=C(Nc1ccccc1Br)c1ccc(NC2CCCC2)cn1. The fourth-order valence-electron chi connectivity index (χ4n) is 2.67. The summed E-state index contributed by atoms with van der Waals surface area (Å²) in [5.74, 6) is -0.209. The van der Waals surface area contributed by atoms with Crippen LogP contribution < -0.4 is 10.6 Å². The molecule has 5 heteroatoms. The Kier molecular flexibility index (Phi) is 4.73. The first kappa shape index (κ1) is 15.0. The number of para-hydroxylation sites is 1. The number of anilines is 2. The number of hydrogen-bond acceptors (Lipinski definition) is 3. The summed E-state index contributed by atoms with van der Waals surface area (Å²) in [6.07, 6.45) is 6.73. The van der Waals surface area contributed by atoms with E-state index >= 15 is 0 Å². The van der Waals surface area contributed by atoms with Gasteiger partial charge in [-0.05, 0) is 53.0 Å². The number of rotatable bonds is 4. The summed E-state index contributed by atoms with van der Waals surface area (Å²) >= 11 is 3.41. The number of nitrogens with one attached hydrogen (secondary N) is 2. The zero-order valence-corrected chi connectivity index (χ0v) is 13.8. The standard InChI is InChI=1S/C17H18BrN3O/c18-14-7-3-4-8-15(14)21-17(22)16-10-9-13(11-19-16)20-12-5-1-2-6-12/h3-4,7-12,20H,1-2,5-6H2,(H,21,22). The Bertz CT molecular complexity index is 651. The summed E-state index contributed by atoms with van der Waals surface area (Å²) in [5.41, 5.74) is 2.12. The van der Waals surface area contributed by atoms with E-state index in [4.69, 9.17) is 0 Å². The molecule has 0 radical (unpaired) electrons. The van der Waals surface area contributed by atoms with Crippen LogP contribution >= 0.6 is 15.9 Å². The Morgan fingerprint density at radius 1 is 1.14 bits per heavy atom. The molecule has 22 heavy (non-hydrogen) atoms. The highest BCUT2D eigenvalue weighted by molar-refractivity contribution is 9.10. The highest BCUT2D eigenvalue weighted by Gasteiger charge is 2.15. The summed E-state index contributed by atoms with van der Waals surface area (Å²) in [5, 5.41) is 6.31. The van der Waals surface area contributed by atoms with E-state index < -0.39 is 0 Å². The number of carbonyl (C=O) groups is 1. The van der Waals surface area contributed by atoms with E-state index in [9.17, 15) is 4.79 Å². The first-order valence-corrected chi connectivity index (χ1v) is 8.30. The molecule has 1 heterocycles. The highest BCUT2D eigenvalue weighted by Crippen LogP contribution is 2.23. The molecule has 0 atom stereocenters. The molecular weight excluding hydrogens is 342 g/mol. The lowest BCUT2D eigenvalue weighted by molar-refractivity contribution is 0.102. The van der Waals surface area contributed by atoms with E-state index in [2.05, 4.69) is 31.5 Å². The average molecular weight is 360 g/mol. The van der Waals surface area contributed by atoms with Crippen molar-refractivity contribution in [3.8, 4) is 0 Å². The fourth-order valence-corrected chi connectivity index (χ4v) is 3.05. The van der Waals surface area contributed by atoms with Crippen molar-refractivity contribution in [2.75, 3.05) is 10.6 Å². The summed E-state index contributed by atoms with van der Waals surface area (Å²) < 4.78 is 0.850. The van der Waals surface area contributed by atoms with Crippen LogP contribution in [0.15, 0.2) is 47.1 Å². The maximum absolute atomic E-state index is 12.2. The minimum Gasteiger partial charge on any atom is -0.381 e. The summed E-state index contributed by atoms with van der Waals surface area (Å²) in [6.45, 7) is 0. The van der Waals surface area contributed by atoms with Crippen molar-refractivity contribution in [1.29, 1.82) is 0 Å². The second-order valence-electron chi connectivity index (χ2n) is 5.49. The van der Waals surface area contributed by atoms with Crippen LogP contribution in [0.2, 0.25) is 0 Å². The van der Waals surface area contributed by atoms with Crippen molar-refractivity contribution in [3.63, 3.8) is 0 Å². The Labute approximate surface area is 138 Å². The van der Waals surface area contributed by atoms with Crippen LogP contribution in [0, 0.1) is 0 Å². The van der Waals surface area contributed by atoms with E-state index in [0.717, 1.165) is 15.8 Å². The van der Waals surface area contributed by atoms with Crippen molar-refractivity contribution in [3.05, 3.63) is 52.8 Å². The van der Waals surface area contributed by atoms with Gasteiger partial charge >= 0.3 is 0 Å². The van der Waals surface area contributed by atoms with Gasteiger partial charge in [-0.1, -0.05) is 25.0 Å². The van der Waals surface area contributed by atoms with E-state index in [0.29, 0.717) is 11.7 Å². The van der Waals surface area contributed by atoms with Gasteiger partial charge in [0.15, 0.2) is 0 Å². The third kappa shape index (κ3) is 3.65. The molecule has 0 bridgehead atoms. The van der Waals surface area contributed by atoms with Gasteiger partial charge in [0, 0.05) is 10.5 Å². The minimum absolute atomic E-state index is 0.209. The number of benzene rings is 1. The van der Waals surface area contributed by atoms with Gasteiger partial charge in [-0.15, -0.1) is 0 Å². The van der Waals surface area contributed by atoms with Crippen molar-refractivity contribution in [2.24, 2.45) is 0 Å². The van der Waals surface area contributed by atoms with Crippen LogP contribution in [0.25, 0.3) is 0 Å². The second kappa shape index (κ2) is 6.92. The first-order valence-electron chi connectivity index (χ1n) is 7.51. The number of amides is 1. The average Bonchev–Trinajstić information content (AvgIpc) is 3.03. The molecule has 0 spiro atoms. The van der Waals surface area contributed by atoms with Gasteiger partial charge in [-0.2, -0.15) is 0 Å². The third-order valence-electron chi connectivity index (χ3n) is 3.84. The molecule has 1 amide bonds. The van der Waals surface area contributed by atoms with Crippen molar-refractivity contribution < 1.29 is 4.79 Å². The highest BCUT2D eigenvalue weighted by atomic mass is 79.9. The monoisotopic (exact) mass is 359 g/mol. The normalized spacial score (nSPS) is 14.8. The van der Waals surface area contributed by atoms with E-state index in [-0.39, 0.29) is 5.91 Å². The molecule has 114 valence electrons. The van der Waals surface area contributed by atoms with Crippen LogP contribution in [-0.4, -0.2) is 16.9 Å². The lowest BCUT2D eigenvalue weighted by atomic mass is 10.2. The predicted molar refractivity (Wildman–Crippen MR) is 92.2 cm³/mol. The van der Waals surface area contributed by atoms with Gasteiger partial charge in [-0.3, -0.25) is 4.79 Å². The van der Waals surface area contributed by atoms with Gasteiger partial charge in [0.25, 0.3) is 5.91 Å². The lowest BCUT2D eigenvalue weighted by Crippen LogP contribution is -2.16. The van der Waals surface area contributed by atoms with Crippen molar-refractivity contribution >= 4 is 33.2 Å². The summed E-state index contributed by atoms with van der Waals surface area (Å²) in [7, 11) is 0. The molecule has 3 rings (SSSR count). The van der Waals surface area contributed by atoms with Gasteiger partial charge < -0.3 is 10.6 Å².